The minimum atomic E-state index is -0.973. The van der Waals surface area contributed by atoms with E-state index in [1.165, 1.54) is 18.2 Å². The lowest BCUT2D eigenvalue weighted by Gasteiger charge is -2.31. The number of nitro benzene ring substituents is 1. The molecule has 17 heavy (non-hydrogen) atoms. The summed E-state index contributed by atoms with van der Waals surface area (Å²) in [5.41, 5.74) is 0.369. The standard InChI is InChI=1S/C11H11NO5/c13-11(14)10(8-5-17-6-8)7-2-1-3-9(4-7)12(15)16/h1-4,8,10H,5-6H2,(H,13,14). The van der Waals surface area contributed by atoms with Crippen molar-refractivity contribution in [2.75, 3.05) is 13.2 Å². The Kier molecular flexibility index (Phi) is 3.06. The fourth-order valence-corrected chi connectivity index (χ4v) is 1.89. The third-order valence-corrected chi connectivity index (χ3v) is 2.84. The average molecular weight is 237 g/mol. The Hall–Kier alpha value is -1.95. The van der Waals surface area contributed by atoms with Gasteiger partial charge in [0.25, 0.3) is 5.69 Å². The first-order chi connectivity index (χ1) is 8.09. The first kappa shape index (κ1) is 11.5. The number of aliphatic carboxylic acids is 1. The molecule has 1 unspecified atom stereocenters. The van der Waals surface area contributed by atoms with Crippen molar-refractivity contribution in [3.63, 3.8) is 0 Å². The van der Waals surface area contributed by atoms with Crippen LogP contribution in [0.15, 0.2) is 24.3 Å². The molecule has 0 spiro atoms. The molecule has 1 saturated heterocycles. The summed E-state index contributed by atoms with van der Waals surface area (Å²) in [6.07, 6.45) is 0. The Bertz CT molecular complexity index is 455. The third kappa shape index (κ3) is 2.26. The summed E-state index contributed by atoms with van der Waals surface area (Å²) in [7, 11) is 0. The molecule has 0 bridgehead atoms. The topological polar surface area (TPSA) is 89.7 Å². The predicted octanol–water partition coefficient (Wildman–Crippen LogP) is 1.41. The molecule has 1 aromatic rings. The molecule has 1 aromatic carbocycles. The Morgan fingerprint density at radius 1 is 1.53 bits per heavy atom. The van der Waals surface area contributed by atoms with Gasteiger partial charge in [0.1, 0.15) is 0 Å². The highest BCUT2D eigenvalue weighted by Crippen LogP contribution is 2.32. The number of carbonyl (C=O) groups is 1. The first-order valence-corrected chi connectivity index (χ1v) is 5.14. The number of hydrogen-bond acceptors (Lipinski definition) is 4. The summed E-state index contributed by atoms with van der Waals surface area (Å²) in [6, 6.07) is 5.77. The van der Waals surface area contributed by atoms with Gasteiger partial charge in [0, 0.05) is 18.1 Å². The van der Waals surface area contributed by atoms with Gasteiger partial charge >= 0.3 is 5.97 Å². The van der Waals surface area contributed by atoms with Crippen LogP contribution in [0.5, 0.6) is 0 Å². The van der Waals surface area contributed by atoms with Gasteiger partial charge in [0.2, 0.25) is 0 Å². The SMILES string of the molecule is O=C(O)C(c1cccc([N+](=O)[O-])c1)C1COC1. The van der Waals surface area contributed by atoms with Crippen LogP contribution in [0, 0.1) is 16.0 Å². The van der Waals surface area contributed by atoms with E-state index >= 15 is 0 Å². The largest absolute Gasteiger partial charge is 0.481 e. The third-order valence-electron chi connectivity index (χ3n) is 2.84. The zero-order valence-corrected chi connectivity index (χ0v) is 8.91. The van der Waals surface area contributed by atoms with Gasteiger partial charge in [-0.05, 0) is 5.56 Å². The second-order valence-corrected chi connectivity index (χ2v) is 3.97. The molecule has 0 aliphatic carbocycles. The Morgan fingerprint density at radius 3 is 2.71 bits per heavy atom. The van der Waals surface area contributed by atoms with E-state index in [-0.39, 0.29) is 11.6 Å². The van der Waals surface area contributed by atoms with Crippen molar-refractivity contribution < 1.29 is 19.6 Å². The number of non-ortho nitro benzene ring substituents is 1. The zero-order chi connectivity index (χ0) is 12.4. The Morgan fingerprint density at radius 2 is 2.24 bits per heavy atom. The lowest BCUT2D eigenvalue weighted by Crippen LogP contribution is -2.36. The van der Waals surface area contributed by atoms with E-state index in [1.54, 1.807) is 6.07 Å². The van der Waals surface area contributed by atoms with Crippen LogP contribution in [-0.2, 0) is 9.53 Å². The maximum absolute atomic E-state index is 11.2. The highest BCUT2D eigenvalue weighted by molar-refractivity contribution is 5.77. The zero-order valence-electron chi connectivity index (χ0n) is 8.91. The number of hydrogen-bond donors (Lipinski definition) is 1. The quantitative estimate of drug-likeness (QED) is 0.631. The molecule has 1 atom stereocenters. The molecule has 6 heteroatoms. The molecule has 0 saturated carbocycles. The fourth-order valence-electron chi connectivity index (χ4n) is 1.89. The summed E-state index contributed by atoms with van der Waals surface area (Å²) in [4.78, 5) is 21.3. The number of carboxylic acid groups (broad SMARTS) is 1. The van der Waals surface area contributed by atoms with Gasteiger partial charge in [-0.1, -0.05) is 12.1 Å². The molecular formula is C11H11NO5. The number of nitro groups is 1. The van der Waals surface area contributed by atoms with Crippen LogP contribution >= 0.6 is 0 Å². The van der Waals surface area contributed by atoms with Gasteiger partial charge < -0.3 is 9.84 Å². The van der Waals surface area contributed by atoms with E-state index < -0.39 is 16.8 Å². The van der Waals surface area contributed by atoms with E-state index in [0.29, 0.717) is 18.8 Å². The first-order valence-electron chi connectivity index (χ1n) is 5.14. The van der Waals surface area contributed by atoms with Crippen molar-refractivity contribution in [2.24, 2.45) is 5.92 Å². The van der Waals surface area contributed by atoms with Gasteiger partial charge in [-0.15, -0.1) is 0 Å². The molecule has 6 nitrogen and oxygen atoms in total. The highest BCUT2D eigenvalue weighted by Gasteiger charge is 2.35. The van der Waals surface area contributed by atoms with E-state index in [0.717, 1.165) is 0 Å². The maximum Gasteiger partial charge on any atom is 0.311 e. The molecule has 1 aliphatic rings. The molecule has 1 aliphatic heterocycles. The van der Waals surface area contributed by atoms with Crippen LogP contribution in [0.3, 0.4) is 0 Å². The summed E-state index contributed by atoms with van der Waals surface area (Å²) >= 11 is 0. The summed E-state index contributed by atoms with van der Waals surface area (Å²) in [5, 5.41) is 19.8. The van der Waals surface area contributed by atoms with Crippen molar-refractivity contribution in [3.05, 3.63) is 39.9 Å². The van der Waals surface area contributed by atoms with Crippen molar-refractivity contribution in [3.8, 4) is 0 Å². The number of ether oxygens (including phenoxy) is 1. The van der Waals surface area contributed by atoms with Gasteiger partial charge in [-0.3, -0.25) is 14.9 Å². The smallest absolute Gasteiger partial charge is 0.311 e. The van der Waals surface area contributed by atoms with E-state index in [1.807, 2.05) is 0 Å². The molecule has 1 heterocycles. The van der Waals surface area contributed by atoms with Crippen LogP contribution in [0.1, 0.15) is 11.5 Å². The normalized spacial score (nSPS) is 17.2. The van der Waals surface area contributed by atoms with Crippen molar-refractivity contribution >= 4 is 11.7 Å². The van der Waals surface area contributed by atoms with Crippen LogP contribution < -0.4 is 0 Å². The Labute approximate surface area is 97.0 Å². The monoisotopic (exact) mass is 237 g/mol. The average Bonchev–Trinajstić information content (AvgIpc) is 2.22. The van der Waals surface area contributed by atoms with Crippen molar-refractivity contribution in [1.29, 1.82) is 0 Å². The van der Waals surface area contributed by atoms with Crippen LogP contribution in [-0.4, -0.2) is 29.2 Å². The second kappa shape index (κ2) is 4.50. The number of carboxylic acids is 1. The molecule has 1 N–H and O–H groups in total. The maximum atomic E-state index is 11.2. The predicted molar refractivity (Wildman–Crippen MR) is 57.8 cm³/mol. The van der Waals surface area contributed by atoms with Gasteiger partial charge in [-0.2, -0.15) is 0 Å². The van der Waals surface area contributed by atoms with Crippen LogP contribution in [0.2, 0.25) is 0 Å². The molecule has 2 rings (SSSR count). The van der Waals surface area contributed by atoms with E-state index in [9.17, 15) is 14.9 Å². The molecule has 0 amide bonds. The molecule has 1 fully saturated rings. The molecule has 0 radical (unpaired) electrons. The minimum Gasteiger partial charge on any atom is -0.481 e. The number of nitrogens with zero attached hydrogens (tertiary/aromatic N) is 1. The van der Waals surface area contributed by atoms with Gasteiger partial charge in [-0.25, -0.2) is 0 Å². The molecule has 0 aromatic heterocycles. The molecular weight excluding hydrogens is 226 g/mol. The van der Waals surface area contributed by atoms with Crippen LogP contribution in [0.25, 0.3) is 0 Å². The van der Waals surface area contributed by atoms with E-state index in [4.69, 9.17) is 9.84 Å². The lowest BCUT2D eigenvalue weighted by molar-refractivity contribution is -0.384. The summed E-state index contributed by atoms with van der Waals surface area (Å²) in [6.45, 7) is 0.777. The van der Waals surface area contributed by atoms with Gasteiger partial charge in [0.05, 0.1) is 24.1 Å². The van der Waals surface area contributed by atoms with Crippen molar-refractivity contribution in [2.45, 2.75) is 5.92 Å². The van der Waals surface area contributed by atoms with Gasteiger partial charge in [0.15, 0.2) is 0 Å². The summed E-state index contributed by atoms with van der Waals surface area (Å²) < 4.78 is 4.97. The minimum absolute atomic E-state index is 0.0889. The summed E-state index contributed by atoms with van der Waals surface area (Å²) in [5.74, 6) is -1.81. The van der Waals surface area contributed by atoms with Crippen LogP contribution in [0.4, 0.5) is 5.69 Å². The Balaban J connectivity index is 2.32. The van der Waals surface area contributed by atoms with E-state index in [2.05, 4.69) is 0 Å². The van der Waals surface area contributed by atoms with Crippen molar-refractivity contribution in [1.82, 2.24) is 0 Å². The second-order valence-electron chi connectivity index (χ2n) is 3.97. The fraction of sp³-hybridized carbons (Fsp3) is 0.364. The number of rotatable bonds is 4. The highest BCUT2D eigenvalue weighted by atomic mass is 16.6. The number of benzene rings is 1. The lowest BCUT2D eigenvalue weighted by atomic mass is 9.84. The molecule has 90 valence electrons.